The van der Waals surface area contributed by atoms with E-state index in [1.165, 1.54) is 39.1 Å². The third-order valence-electron chi connectivity index (χ3n) is 6.92. The minimum atomic E-state index is 0.861. The Bertz CT molecular complexity index is 1740. The van der Waals surface area contributed by atoms with Crippen LogP contribution in [0.15, 0.2) is 73.1 Å². The molecule has 0 N–H and O–H groups in total. The van der Waals surface area contributed by atoms with Crippen molar-refractivity contribution in [2.24, 2.45) is 0 Å². The van der Waals surface area contributed by atoms with Crippen molar-refractivity contribution in [2.45, 2.75) is 12.8 Å². The number of rotatable bonds is 0. The number of nitrogens with zero attached hydrogens (tertiary/aromatic N) is 4. The van der Waals surface area contributed by atoms with E-state index in [0.717, 1.165) is 46.1 Å². The average Bonchev–Trinajstić information content (AvgIpc) is 3.48. The van der Waals surface area contributed by atoms with Crippen molar-refractivity contribution < 1.29 is 0 Å². The van der Waals surface area contributed by atoms with Crippen LogP contribution >= 0.6 is 0 Å². The second kappa shape index (κ2) is 5.35. The molecule has 4 aromatic heterocycles. The van der Waals surface area contributed by atoms with Gasteiger partial charge < -0.3 is 0 Å². The lowest BCUT2D eigenvalue weighted by Gasteiger charge is -2.12. The van der Waals surface area contributed by atoms with Gasteiger partial charge in [-0.1, -0.05) is 36.4 Å². The van der Waals surface area contributed by atoms with E-state index < -0.39 is 0 Å². The van der Waals surface area contributed by atoms with Crippen LogP contribution < -0.4 is 0 Å². The number of aromatic nitrogens is 4. The summed E-state index contributed by atoms with van der Waals surface area (Å²) >= 11 is 0. The zero-order valence-electron chi connectivity index (χ0n) is 16.6. The first-order valence-corrected chi connectivity index (χ1v) is 10.6. The molecule has 4 nitrogen and oxygen atoms in total. The van der Waals surface area contributed by atoms with E-state index in [0.29, 0.717) is 0 Å². The quantitative estimate of drug-likeness (QED) is 0.315. The van der Waals surface area contributed by atoms with E-state index >= 15 is 0 Å². The highest BCUT2D eigenvalue weighted by atomic mass is 15.1. The number of benzene rings is 2. The zero-order valence-corrected chi connectivity index (χ0v) is 16.6. The zero-order chi connectivity index (χ0) is 20.1. The van der Waals surface area contributed by atoms with Crippen molar-refractivity contribution >= 4 is 27.6 Å². The summed E-state index contributed by atoms with van der Waals surface area (Å²) in [6.07, 6.45) is 5.58. The molecule has 6 aromatic rings. The van der Waals surface area contributed by atoms with Crippen LogP contribution in [0, 0.1) is 0 Å². The molecule has 0 saturated heterocycles. The summed E-state index contributed by atoms with van der Waals surface area (Å²) < 4.78 is 2.28. The third-order valence-corrected chi connectivity index (χ3v) is 6.92. The maximum atomic E-state index is 5.14. The topological polar surface area (TPSA) is 43.1 Å². The predicted molar refractivity (Wildman–Crippen MR) is 122 cm³/mol. The van der Waals surface area contributed by atoms with Crippen LogP contribution in [-0.4, -0.2) is 19.4 Å². The Kier molecular flexibility index (Phi) is 2.72. The SMILES string of the molecule is c1ccc2c(c1)Cc1ccc3c(c1-2)Cc1nc2c4ncccc4c4ncccc4n2c1-3. The van der Waals surface area contributed by atoms with E-state index in [1.807, 2.05) is 24.5 Å². The number of pyridine rings is 3. The first kappa shape index (κ1) is 15.7. The molecule has 0 saturated carbocycles. The third kappa shape index (κ3) is 1.84. The van der Waals surface area contributed by atoms with Gasteiger partial charge >= 0.3 is 0 Å². The molecule has 0 radical (unpaired) electrons. The molecule has 31 heavy (non-hydrogen) atoms. The molecule has 0 atom stereocenters. The standard InChI is InChI=1S/C27H16N4/c1-2-6-17-15(5-1)13-16-9-10-18-20(23(16)17)14-21-26(18)31-22-8-4-12-28-24(22)19-7-3-11-29-25(19)27(31)30-21/h1-12H,13-14H2. The summed E-state index contributed by atoms with van der Waals surface area (Å²) in [5, 5.41) is 1.05. The lowest BCUT2D eigenvalue weighted by atomic mass is 9.96. The lowest BCUT2D eigenvalue weighted by molar-refractivity contribution is 1.16. The van der Waals surface area contributed by atoms with Crippen molar-refractivity contribution in [3.8, 4) is 22.4 Å². The fraction of sp³-hybridized carbons (Fsp3) is 0.0741. The molecular formula is C27H16N4. The molecule has 0 aliphatic heterocycles. The maximum absolute atomic E-state index is 5.14. The molecule has 4 heterocycles. The molecule has 2 aromatic carbocycles. The Morgan fingerprint density at radius 2 is 1.58 bits per heavy atom. The number of imidazole rings is 1. The maximum Gasteiger partial charge on any atom is 0.164 e. The Balaban J connectivity index is 1.53. The van der Waals surface area contributed by atoms with Crippen LogP contribution in [-0.2, 0) is 12.8 Å². The van der Waals surface area contributed by atoms with E-state index in [1.54, 1.807) is 0 Å². The second-order valence-corrected chi connectivity index (χ2v) is 8.47. The number of hydrogen-bond acceptors (Lipinski definition) is 3. The molecule has 0 bridgehead atoms. The number of hydrogen-bond donors (Lipinski definition) is 0. The molecule has 8 rings (SSSR count). The van der Waals surface area contributed by atoms with Crippen molar-refractivity contribution in [3.63, 3.8) is 0 Å². The van der Waals surface area contributed by atoms with Crippen LogP contribution in [0.5, 0.6) is 0 Å². The molecule has 2 aliphatic rings. The summed E-state index contributed by atoms with van der Waals surface area (Å²) in [5.74, 6) is 0. The van der Waals surface area contributed by atoms with E-state index in [2.05, 4.69) is 52.9 Å². The van der Waals surface area contributed by atoms with Crippen molar-refractivity contribution in [1.29, 1.82) is 0 Å². The predicted octanol–water partition coefficient (Wildman–Crippen LogP) is 5.57. The second-order valence-electron chi connectivity index (χ2n) is 8.47. The van der Waals surface area contributed by atoms with Gasteiger partial charge in [-0.25, -0.2) is 4.98 Å². The fourth-order valence-electron chi connectivity index (χ4n) is 5.69. The van der Waals surface area contributed by atoms with Gasteiger partial charge in [0.25, 0.3) is 0 Å². The lowest BCUT2D eigenvalue weighted by Crippen LogP contribution is -1.97. The first-order chi connectivity index (χ1) is 15.4. The van der Waals surface area contributed by atoms with Gasteiger partial charge in [-0.2, -0.15) is 0 Å². The van der Waals surface area contributed by atoms with Gasteiger partial charge in [0.05, 0.1) is 22.4 Å². The van der Waals surface area contributed by atoms with Crippen molar-refractivity contribution in [1.82, 2.24) is 19.4 Å². The van der Waals surface area contributed by atoms with Gasteiger partial charge in [0.1, 0.15) is 5.52 Å². The first-order valence-electron chi connectivity index (χ1n) is 10.6. The summed E-state index contributed by atoms with van der Waals surface area (Å²) in [4.78, 5) is 14.6. The molecular weight excluding hydrogens is 380 g/mol. The molecule has 0 spiro atoms. The minimum absolute atomic E-state index is 0.861. The van der Waals surface area contributed by atoms with E-state index in [4.69, 9.17) is 15.0 Å². The molecule has 4 heteroatoms. The van der Waals surface area contributed by atoms with Crippen LogP contribution in [0.3, 0.4) is 0 Å². The molecule has 0 amide bonds. The summed E-state index contributed by atoms with van der Waals surface area (Å²) in [6, 6.07) is 21.6. The Morgan fingerprint density at radius 1 is 0.710 bits per heavy atom. The Morgan fingerprint density at radius 3 is 2.55 bits per heavy atom. The normalized spacial score (nSPS) is 13.5. The Hall–Kier alpha value is -4.05. The van der Waals surface area contributed by atoms with Crippen LogP contribution in [0.1, 0.15) is 22.4 Å². The van der Waals surface area contributed by atoms with Gasteiger partial charge in [0.2, 0.25) is 0 Å². The molecule has 144 valence electrons. The summed E-state index contributed by atoms with van der Waals surface area (Å²) in [5.41, 5.74) is 14.6. The smallest absolute Gasteiger partial charge is 0.164 e. The van der Waals surface area contributed by atoms with Gasteiger partial charge in [0.15, 0.2) is 5.65 Å². The van der Waals surface area contributed by atoms with Gasteiger partial charge in [-0.3, -0.25) is 14.4 Å². The van der Waals surface area contributed by atoms with Crippen LogP contribution in [0.4, 0.5) is 0 Å². The fourth-order valence-corrected chi connectivity index (χ4v) is 5.69. The van der Waals surface area contributed by atoms with Crippen LogP contribution in [0.25, 0.3) is 50.0 Å². The monoisotopic (exact) mass is 396 g/mol. The summed E-state index contributed by atoms with van der Waals surface area (Å²) in [6.45, 7) is 0. The highest BCUT2D eigenvalue weighted by molar-refractivity contribution is 6.09. The Labute approximate surface area is 177 Å². The average molecular weight is 396 g/mol. The highest BCUT2D eigenvalue weighted by Gasteiger charge is 2.32. The van der Waals surface area contributed by atoms with Gasteiger partial charge in [-0.05, 0) is 58.5 Å². The molecule has 0 unspecified atom stereocenters. The molecule has 0 fully saturated rings. The summed E-state index contributed by atoms with van der Waals surface area (Å²) in [7, 11) is 0. The van der Waals surface area contributed by atoms with Crippen LogP contribution in [0.2, 0.25) is 0 Å². The van der Waals surface area contributed by atoms with Crippen molar-refractivity contribution in [2.75, 3.05) is 0 Å². The minimum Gasteiger partial charge on any atom is -0.289 e. The molecule has 2 aliphatic carbocycles. The van der Waals surface area contributed by atoms with Crippen molar-refractivity contribution in [3.05, 3.63) is 95.4 Å². The van der Waals surface area contributed by atoms with Gasteiger partial charge in [-0.15, -0.1) is 0 Å². The largest absolute Gasteiger partial charge is 0.289 e. The van der Waals surface area contributed by atoms with Gasteiger partial charge in [0, 0.05) is 29.8 Å². The highest BCUT2D eigenvalue weighted by Crippen LogP contribution is 2.48. The van der Waals surface area contributed by atoms with E-state index in [-0.39, 0.29) is 0 Å². The van der Waals surface area contributed by atoms with E-state index in [9.17, 15) is 0 Å². The number of fused-ring (bicyclic) bond motifs is 14.